The lowest BCUT2D eigenvalue weighted by atomic mass is 9.97. The monoisotopic (exact) mass is 438 g/mol. The van der Waals surface area contributed by atoms with Crippen molar-refractivity contribution in [3.05, 3.63) is 35.1 Å². The van der Waals surface area contributed by atoms with Crippen LogP contribution in [-0.2, 0) is 23.9 Å². The number of aliphatic hydroxyl groups is 2. The van der Waals surface area contributed by atoms with Gasteiger partial charge in [-0.2, -0.15) is 0 Å². The van der Waals surface area contributed by atoms with E-state index in [-0.39, 0.29) is 37.7 Å². The topological polar surface area (TPSA) is 130 Å². The molecule has 3 atom stereocenters. The first-order chi connectivity index (χ1) is 14.6. The number of rotatable bonds is 13. The number of esters is 1. The van der Waals surface area contributed by atoms with Crippen molar-refractivity contribution in [2.75, 3.05) is 13.2 Å². The van der Waals surface area contributed by atoms with Crippen molar-refractivity contribution in [3.8, 4) is 0 Å². The Morgan fingerprint density at radius 1 is 1.26 bits per heavy atom. The molecule has 0 saturated heterocycles. The van der Waals surface area contributed by atoms with Crippen molar-refractivity contribution in [1.82, 2.24) is 0 Å². The molecule has 8 heteroatoms. The maximum Gasteiger partial charge on any atom is 0.330 e. The van der Waals surface area contributed by atoms with Crippen molar-refractivity contribution >= 4 is 17.7 Å². The van der Waals surface area contributed by atoms with Gasteiger partial charge in [0.1, 0.15) is 6.10 Å². The molecule has 1 aliphatic heterocycles. The fourth-order valence-electron chi connectivity index (χ4n) is 2.89. The molecule has 0 aromatic rings. The second-order valence-corrected chi connectivity index (χ2v) is 7.91. The maximum absolute atomic E-state index is 12.4. The van der Waals surface area contributed by atoms with Gasteiger partial charge in [0.05, 0.1) is 19.3 Å². The van der Waals surface area contributed by atoms with Gasteiger partial charge >= 0.3 is 11.9 Å². The molecular weight excluding hydrogens is 404 g/mol. The zero-order valence-electron chi connectivity index (χ0n) is 18.5. The van der Waals surface area contributed by atoms with Gasteiger partial charge in [-0.25, -0.2) is 4.79 Å². The number of aliphatic hydroxyl groups excluding tert-OH is 2. The predicted molar refractivity (Wildman–Crippen MR) is 114 cm³/mol. The Kier molecular flexibility index (Phi) is 11.8. The molecule has 0 aromatic heterocycles. The van der Waals surface area contributed by atoms with Crippen molar-refractivity contribution in [2.24, 2.45) is 5.92 Å². The number of carbonyl (C=O) groups is 3. The van der Waals surface area contributed by atoms with Crippen LogP contribution in [0.2, 0.25) is 0 Å². The number of Topliss-reactive ketones (excluding diaryl/α,β-unsaturated/α-hetero) is 1. The smallest absolute Gasteiger partial charge is 0.330 e. The lowest BCUT2D eigenvalue weighted by Crippen LogP contribution is -2.32. The normalized spacial score (nSPS) is 19.5. The molecule has 174 valence electrons. The second-order valence-electron chi connectivity index (χ2n) is 7.91. The van der Waals surface area contributed by atoms with Gasteiger partial charge in [-0.15, -0.1) is 0 Å². The summed E-state index contributed by atoms with van der Waals surface area (Å²) in [4.78, 5) is 34.7. The summed E-state index contributed by atoms with van der Waals surface area (Å²) >= 11 is 0. The van der Waals surface area contributed by atoms with E-state index in [4.69, 9.17) is 14.6 Å². The van der Waals surface area contributed by atoms with Crippen molar-refractivity contribution < 1.29 is 39.2 Å². The van der Waals surface area contributed by atoms with Gasteiger partial charge in [0.2, 0.25) is 5.78 Å². The molecule has 1 rings (SSSR count). The molecule has 0 radical (unpaired) electrons. The standard InChI is InChI=1S/C23H34O8/c1-15(13-21(27)30-11-6-4-5-10-20(25)26)12-19-23(29)22(28)18(14-31-19)9-7-8-16(2)17(3)24/h7-8,13,16-17,19,24,28H,4-6,9-12,14H2,1-3H3,(H,25,26). The third kappa shape index (κ3) is 10.4. The summed E-state index contributed by atoms with van der Waals surface area (Å²) < 4.78 is 10.7. The SMILES string of the molecule is CC(=CC(=O)OCCCCCC(=O)O)CC1OCC(CC=CC(C)C(C)O)=C(O)C1=O. The van der Waals surface area contributed by atoms with Gasteiger partial charge in [0.15, 0.2) is 5.76 Å². The Hall–Kier alpha value is -2.45. The Labute approximate surface area is 183 Å². The number of hydrogen-bond acceptors (Lipinski definition) is 7. The molecule has 0 spiro atoms. The maximum atomic E-state index is 12.4. The van der Waals surface area contributed by atoms with Crippen LogP contribution in [0.3, 0.4) is 0 Å². The summed E-state index contributed by atoms with van der Waals surface area (Å²) in [6, 6.07) is 0. The first kappa shape index (κ1) is 26.6. The summed E-state index contributed by atoms with van der Waals surface area (Å²) in [6.07, 6.45) is 5.98. The fraction of sp³-hybridized carbons (Fsp3) is 0.609. The van der Waals surface area contributed by atoms with E-state index in [1.807, 2.05) is 13.0 Å². The lowest BCUT2D eigenvalue weighted by Gasteiger charge is -2.23. The fourth-order valence-corrected chi connectivity index (χ4v) is 2.89. The van der Waals surface area contributed by atoms with E-state index in [0.717, 1.165) is 0 Å². The minimum absolute atomic E-state index is 0.0343. The quantitative estimate of drug-likeness (QED) is 0.173. The van der Waals surface area contributed by atoms with Gasteiger partial charge in [-0.05, 0) is 45.4 Å². The molecular formula is C23H34O8. The summed E-state index contributed by atoms with van der Waals surface area (Å²) in [7, 11) is 0. The number of ketones is 1. The highest BCUT2D eigenvalue weighted by atomic mass is 16.5. The Morgan fingerprint density at radius 3 is 2.61 bits per heavy atom. The molecule has 31 heavy (non-hydrogen) atoms. The van der Waals surface area contributed by atoms with Crippen LogP contribution in [0.25, 0.3) is 0 Å². The molecule has 1 heterocycles. The molecule has 0 saturated carbocycles. The van der Waals surface area contributed by atoms with Crippen LogP contribution < -0.4 is 0 Å². The molecule has 8 nitrogen and oxygen atoms in total. The highest BCUT2D eigenvalue weighted by Crippen LogP contribution is 2.23. The minimum Gasteiger partial charge on any atom is -0.504 e. The lowest BCUT2D eigenvalue weighted by molar-refractivity contribution is -0.139. The highest BCUT2D eigenvalue weighted by Gasteiger charge is 2.30. The van der Waals surface area contributed by atoms with E-state index in [1.165, 1.54) is 6.08 Å². The number of carboxylic acids is 1. The summed E-state index contributed by atoms with van der Waals surface area (Å²) in [5.41, 5.74) is 1.08. The number of ether oxygens (including phenoxy) is 2. The molecule has 0 aromatic carbocycles. The van der Waals surface area contributed by atoms with Gasteiger partial charge in [-0.1, -0.05) is 24.6 Å². The molecule has 0 amide bonds. The first-order valence-corrected chi connectivity index (χ1v) is 10.6. The zero-order valence-corrected chi connectivity index (χ0v) is 18.5. The Morgan fingerprint density at radius 2 is 1.97 bits per heavy atom. The van der Waals surface area contributed by atoms with Gasteiger partial charge < -0.3 is 24.8 Å². The number of carboxylic acid groups (broad SMARTS) is 1. The van der Waals surface area contributed by atoms with Crippen LogP contribution in [0.15, 0.2) is 35.1 Å². The molecule has 0 fully saturated rings. The number of aliphatic carboxylic acids is 1. The molecule has 0 bridgehead atoms. The van der Waals surface area contributed by atoms with Crippen LogP contribution in [0, 0.1) is 5.92 Å². The first-order valence-electron chi connectivity index (χ1n) is 10.6. The van der Waals surface area contributed by atoms with E-state index in [2.05, 4.69) is 0 Å². The van der Waals surface area contributed by atoms with E-state index in [0.29, 0.717) is 36.8 Å². The number of unbranched alkanes of at least 4 members (excludes halogenated alkanes) is 2. The van der Waals surface area contributed by atoms with Crippen LogP contribution in [0.5, 0.6) is 0 Å². The molecule has 3 unspecified atom stereocenters. The number of hydrogen-bond donors (Lipinski definition) is 3. The zero-order chi connectivity index (χ0) is 23.4. The second kappa shape index (κ2) is 13.8. The van der Waals surface area contributed by atoms with Crippen LogP contribution in [0.4, 0.5) is 0 Å². The van der Waals surface area contributed by atoms with Crippen molar-refractivity contribution in [1.29, 1.82) is 0 Å². The summed E-state index contributed by atoms with van der Waals surface area (Å²) in [6.45, 7) is 5.56. The van der Waals surface area contributed by atoms with E-state index < -0.39 is 29.9 Å². The largest absolute Gasteiger partial charge is 0.504 e. The minimum atomic E-state index is -0.857. The number of carbonyl (C=O) groups excluding carboxylic acids is 2. The molecule has 0 aliphatic carbocycles. The molecule has 1 aliphatic rings. The van der Waals surface area contributed by atoms with Crippen LogP contribution in [-0.4, -0.2) is 58.5 Å². The Balaban J connectivity index is 2.47. The van der Waals surface area contributed by atoms with E-state index in [9.17, 15) is 24.6 Å². The summed E-state index contributed by atoms with van der Waals surface area (Å²) in [5, 5.41) is 28.3. The molecule has 3 N–H and O–H groups in total. The van der Waals surface area contributed by atoms with Gasteiger partial charge in [0.25, 0.3) is 0 Å². The van der Waals surface area contributed by atoms with Crippen molar-refractivity contribution in [3.63, 3.8) is 0 Å². The average Bonchev–Trinajstić information content (AvgIpc) is 2.69. The van der Waals surface area contributed by atoms with Crippen LogP contribution >= 0.6 is 0 Å². The predicted octanol–water partition coefficient (Wildman–Crippen LogP) is 3.25. The number of allylic oxidation sites excluding steroid dienone is 1. The third-order valence-electron chi connectivity index (χ3n) is 5.04. The Bertz CT molecular complexity index is 717. The van der Waals surface area contributed by atoms with E-state index in [1.54, 1.807) is 19.9 Å². The average molecular weight is 439 g/mol. The van der Waals surface area contributed by atoms with Gasteiger partial charge in [-0.3, -0.25) is 9.59 Å². The van der Waals surface area contributed by atoms with Gasteiger partial charge in [0, 0.05) is 24.5 Å². The van der Waals surface area contributed by atoms with Crippen LogP contribution in [0.1, 0.15) is 59.3 Å². The third-order valence-corrected chi connectivity index (χ3v) is 5.04. The summed E-state index contributed by atoms with van der Waals surface area (Å²) in [5.74, 6) is -2.23. The highest BCUT2D eigenvalue weighted by molar-refractivity contribution is 5.98. The van der Waals surface area contributed by atoms with E-state index >= 15 is 0 Å². The van der Waals surface area contributed by atoms with Crippen molar-refractivity contribution in [2.45, 2.75) is 71.5 Å².